The molecule has 2 heterocycles. The molecule has 0 aliphatic heterocycles. The van der Waals surface area contributed by atoms with Crippen LogP contribution in [-0.4, -0.2) is 32.9 Å². The van der Waals surface area contributed by atoms with Crippen LogP contribution in [-0.2, 0) is 9.53 Å². The van der Waals surface area contributed by atoms with Gasteiger partial charge in [-0.2, -0.15) is 0 Å². The molecule has 5 aromatic rings. The Hall–Kier alpha value is -4.91. The van der Waals surface area contributed by atoms with E-state index in [1.54, 1.807) is 43.5 Å². The van der Waals surface area contributed by atoms with Crippen LogP contribution in [0.4, 0.5) is 5.69 Å². The van der Waals surface area contributed by atoms with E-state index >= 15 is 0 Å². The first-order valence-electron chi connectivity index (χ1n) is 12.0. The molecule has 2 aromatic heterocycles. The van der Waals surface area contributed by atoms with Crippen LogP contribution in [0.3, 0.4) is 0 Å². The van der Waals surface area contributed by atoms with Crippen molar-refractivity contribution in [3.05, 3.63) is 109 Å². The van der Waals surface area contributed by atoms with Gasteiger partial charge in [0.1, 0.15) is 0 Å². The van der Waals surface area contributed by atoms with Gasteiger partial charge in [0.05, 0.1) is 39.9 Å². The van der Waals surface area contributed by atoms with Crippen LogP contribution >= 0.6 is 0 Å². The lowest BCUT2D eigenvalue weighted by Gasteiger charge is -2.16. The summed E-state index contributed by atoms with van der Waals surface area (Å²) in [6.07, 6.45) is 2.52. The maximum Gasteiger partial charge on any atom is 0.338 e. The van der Waals surface area contributed by atoms with Crippen molar-refractivity contribution in [2.24, 2.45) is 0 Å². The zero-order chi connectivity index (χ0) is 25.6. The number of carbonyl (C=O) groups is 2. The van der Waals surface area contributed by atoms with E-state index in [0.29, 0.717) is 34.4 Å². The zero-order valence-electron chi connectivity index (χ0n) is 20.2. The second-order valence-electron chi connectivity index (χ2n) is 8.39. The predicted molar refractivity (Wildman–Crippen MR) is 143 cm³/mol. The van der Waals surface area contributed by atoms with E-state index in [9.17, 15) is 9.59 Å². The summed E-state index contributed by atoms with van der Waals surface area (Å²) >= 11 is 0. The summed E-state index contributed by atoms with van der Waals surface area (Å²) in [6.45, 7) is 1.78. The Kier molecular flexibility index (Phi) is 6.94. The second kappa shape index (κ2) is 10.8. The highest BCUT2D eigenvalue weighted by molar-refractivity contribution is 5.99. The predicted octanol–water partition coefficient (Wildman–Crippen LogP) is 5.93. The number of benzene rings is 3. The molecule has 7 nitrogen and oxygen atoms in total. The first-order valence-corrected chi connectivity index (χ1v) is 12.0. The second-order valence-corrected chi connectivity index (χ2v) is 8.39. The van der Waals surface area contributed by atoms with Crippen LogP contribution < -0.4 is 5.32 Å². The average molecular weight is 489 g/mol. The van der Waals surface area contributed by atoms with Crippen molar-refractivity contribution < 1.29 is 14.3 Å². The Balaban J connectivity index is 1.46. The Morgan fingerprint density at radius 2 is 1.46 bits per heavy atom. The minimum absolute atomic E-state index is 0.293. The van der Waals surface area contributed by atoms with Gasteiger partial charge >= 0.3 is 5.97 Å². The number of nitrogens with one attached hydrogen (secondary N) is 1. The quantitative estimate of drug-likeness (QED) is 0.285. The molecule has 0 saturated heterocycles. The molecule has 0 saturated carbocycles. The van der Waals surface area contributed by atoms with E-state index in [2.05, 4.69) is 10.3 Å². The fraction of sp³-hybridized carbons (Fsp3) is 0.100. The minimum Gasteiger partial charge on any atom is -0.449 e. The molecule has 0 aliphatic rings. The number of rotatable bonds is 7. The number of hydrogen-bond acceptors (Lipinski definition) is 6. The van der Waals surface area contributed by atoms with E-state index in [-0.39, 0.29) is 0 Å². The number of hydrogen-bond donors (Lipinski definition) is 1. The van der Waals surface area contributed by atoms with Crippen LogP contribution in [0.2, 0.25) is 0 Å². The molecule has 1 N–H and O–H groups in total. The number of aromatic nitrogens is 3. The number of ether oxygens (including phenoxy) is 1. The van der Waals surface area contributed by atoms with Crippen LogP contribution in [0.25, 0.3) is 33.5 Å². The summed E-state index contributed by atoms with van der Waals surface area (Å²) in [5.41, 5.74) is 5.37. The van der Waals surface area contributed by atoms with E-state index in [0.717, 1.165) is 16.8 Å². The van der Waals surface area contributed by atoms with Gasteiger partial charge in [0.2, 0.25) is 0 Å². The van der Waals surface area contributed by atoms with Gasteiger partial charge in [0.15, 0.2) is 6.10 Å². The Labute approximate surface area is 214 Å². The topological polar surface area (TPSA) is 94.1 Å². The van der Waals surface area contributed by atoms with E-state index in [1.165, 1.54) is 6.20 Å². The first-order chi connectivity index (χ1) is 18.1. The number of fused-ring (bicyclic) bond motifs is 1. The van der Waals surface area contributed by atoms with Crippen molar-refractivity contribution in [1.82, 2.24) is 15.0 Å². The number of pyridine rings is 1. The van der Waals surface area contributed by atoms with Gasteiger partial charge in [0, 0.05) is 17.3 Å². The summed E-state index contributed by atoms with van der Waals surface area (Å²) in [5, 5.41) is 2.73. The summed E-state index contributed by atoms with van der Waals surface area (Å²) in [6, 6.07) is 28.1. The third-order valence-corrected chi connectivity index (χ3v) is 5.84. The summed E-state index contributed by atoms with van der Waals surface area (Å²) in [7, 11) is 0. The maximum absolute atomic E-state index is 13.0. The van der Waals surface area contributed by atoms with E-state index < -0.39 is 18.0 Å². The standard InChI is InChI=1S/C30H24N4O3/c1-2-26(29(35)32-23-14-9-17-31-19-23)37-30(36)22-15-16-24-25(18-22)34-28(21-12-7-4-8-13-21)27(33-24)20-10-5-3-6-11-20/h3-19,26H,2H2,1H3,(H,32,35). The van der Waals surface area contributed by atoms with Gasteiger partial charge in [-0.05, 0) is 36.8 Å². The van der Waals surface area contributed by atoms with Gasteiger partial charge in [-0.15, -0.1) is 0 Å². The van der Waals surface area contributed by atoms with Crippen LogP contribution in [0.1, 0.15) is 23.7 Å². The van der Waals surface area contributed by atoms with Crippen molar-refractivity contribution in [2.75, 3.05) is 5.32 Å². The van der Waals surface area contributed by atoms with Crippen LogP contribution in [0.15, 0.2) is 103 Å². The monoisotopic (exact) mass is 488 g/mol. The smallest absolute Gasteiger partial charge is 0.338 e. The molecule has 0 fully saturated rings. The number of esters is 1. The molecule has 5 rings (SSSR count). The average Bonchev–Trinajstić information content (AvgIpc) is 2.96. The summed E-state index contributed by atoms with van der Waals surface area (Å²) in [4.78, 5) is 39.4. The fourth-order valence-corrected chi connectivity index (χ4v) is 3.95. The van der Waals surface area contributed by atoms with Crippen LogP contribution in [0, 0.1) is 0 Å². The van der Waals surface area contributed by atoms with Crippen molar-refractivity contribution in [2.45, 2.75) is 19.4 Å². The molecule has 7 heteroatoms. The molecule has 3 aromatic carbocycles. The van der Waals surface area contributed by atoms with Crippen molar-refractivity contribution in [1.29, 1.82) is 0 Å². The summed E-state index contributed by atoms with van der Waals surface area (Å²) in [5.74, 6) is -1.02. The van der Waals surface area contributed by atoms with E-state index in [4.69, 9.17) is 14.7 Å². The Morgan fingerprint density at radius 1 is 0.811 bits per heavy atom. The van der Waals surface area contributed by atoms with Gasteiger partial charge in [-0.3, -0.25) is 9.78 Å². The molecule has 37 heavy (non-hydrogen) atoms. The zero-order valence-corrected chi connectivity index (χ0v) is 20.2. The molecule has 0 bridgehead atoms. The third kappa shape index (κ3) is 5.36. The number of carbonyl (C=O) groups excluding carboxylic acids is 2. The molecule has 182 valence electrons. The fourth-order valence-electron chi connectivity index (χ4n) is 3.95. The van der Waals surface area contributed by atoms with Crippen LogP contribution in [0.5, 0.6) is 0 Å². The lowest BCUT2D eigenvalue weighted by atomic mass is 10.0. The lowest BCUT2D eigenvalue weighted by Crippen LogP contribution is -2.32. The van der Waals surface area contributed by atoms with Crippen molar-refractivity contribution >= 4 is 28.6 Å². The highest BCUT2D eigenvalue weighted by Gasteiger charge is 2.23. The molecular formula is C30H24N4O3. The number of amides is 1. The molecule has 0 spiro atoms. The molecule has 1 unspecified atom stereocenters. The van der Waals surface area contributed by atoms with Crippen molar-refractivity contribution in [3.63, 3.8) is 0 Å². The number of anilines is 1. The highest BCUT2D eigenvalue weighted by atomic mass is 16.5. The van der Waals surface area contributed by atoms with Gasteiger partial charge < -0.3 is 10.1 Å². The van der Waals surface area contributed by atoms with Gasteiger partial charge in [0.25, 0.3) is 5.91 Å². The largest absolute Gasteiger partial charge is 0.449 e. The maximum atomic E-state index is 13.0. The normalized spacial score (nSPS) is 11.6. The molecule has 1 amide bonds. The van der Waals surface area contributed by atoms with E-state index in [1.807, 2.05) is 60.7 Å². The van der Waals surface area contributed by atoms with Crippen molar-refractivity contribution in [3.8, 4) is 22.5 Å². The molecule has 0 radical (unpaired) electrons. The summed E-state index contributed by atoms with van der Waals surface area (Å²) < 4.78 is 5.56. The SMILES string of the molecule is CCC(OC(=O)c1ccc2nc(-c3ccccc3)c(-c3ccccc3)nc2c1)C(=O)Nc1cccnc1. The highest BCUT2D eigenvalue weighted by Crippen LogP contribution is 2.31. The molecule has 1 atom stereocenters. The van der Waals surface area contributed by atoms with Gasteiger partial charge in [-0.1, -0.05) is 67.6 Å². The first kappa shape index (κ1) is 23.8. The van der Waals surface area contributed by atoms with Gasteiger partial charge in [-0.25, -0.2) is 14.8 Å². The minimum atomic E-state index is -0.949. The molecule has 0 aliphatic carbocycles. The third-order valence-electron chi connectivity index (χ3n) is 5.84. The number of nitrogens with zero attached hydrogens (tertiary/aromatic N) is 3. The Bertz CT molecular complexity index is 1540. The Morgan fingerprint density at radius 3 is 2.05 bits per heavy atom. The lowest BCUT2D eigenvalue weighted by molar-refractivity contribution is -0.124. The molecular weight excluding hydrogens is 464 g/mol.